The minimum absolute atomic E-state index is 0.128. The van der Waals surface area contributed by atoms with Crippen LogP contribution in [-0.2, 0) is 0 Å². The molecule has 118 valence electrons. The van der Waals surface area contributed by atoms with E-state index in [-0.39, 0.29) is 6.61 Å². The van der Waals surface area contributed by atoms with Crippen LogP contribution in [0.2, 0.25) is 5.02 Å². The van der Waals surface area contributed by atoms with E-state index in [4.69, 9.17) is 27.5 Å². The zero-order valence-corrected chi connectivity index (χ0v) is 13.5. The molecule has 23 heavy (non-hydrogen) atoms. The quantitative estimate of drug-likeness (QED) is 0.470. The van der Waals surface area contributed by atoms with Gasteiger partial charge in [0.1, 0.15) is 6.61 Å². The number of hydrogen-bond donors (Lipinski definition) is 1. The number of benzene rings is 2. The van der Waals surface area contributed by atoms with Gasteiger partial charge in [-0.25, -0.2) is 0 Å². The molecular formula is C18H17ClN2O2. The second-order valence-corrected chi connectivity index (χ2v) is 4.90. The number of nitrogens with one attached hydrogen (secondary N) is 1. The largest absolute Gasteiger partial charge is 0.490 e. The topological polar surface area (TPSA) is 42.8 Å². The van der Waals surface area contributed by atoms with Gasteiger partial charge in [-0.3, -0.25) is 5.43 Å². The number of para-hydroxylation sites is 1. The van der Waals surface area contributed by atoms with Gasteiger partial charge in [0.25, 0.3) is 0 Å². The number of hydrogen-bond acceptors (Lipinski definition) is 4. The minimum atomic E-state index is 0.128. The molecule has 0 aliphatic rings. The first-order chi connectivity index (χ1) is 11.2. The van der Waals surface area contributed by atoms with Gasteiger partial charge in [0.05, 0.1) is 23.5 Å². The van der Waals surface area contributed by atoms with E-state index in [1.807, 2.05) is 37.3 Å². The van der Waals surface area contributed by atoms with Crippen LogP contribution in [0.5, 0.6) is 11.5 Å². The van der Waals surface area contributed by atoms with Gasteiger partial charge >= 0.3 is 0 Å². The van der Waals surface area contributed by atoms with Crippen LogP contribution >= 0.6 is 11.6 Å². The van der Waals surface area contributed by atoms with Crippen molar-refractivity contribution in [2.75, 3.05) is 18.6 Å². The Morgan fingerprint density at radius 3 is 2.74 bits per heavy atom. The fourth-order valence-electron chi connectivity index (χ4n) is 1.87. The zero-order valence-electron chi connectivity index (χ0n) is 12.8. The third-order valence-electron chi connectivity index (χ3n) is 2.81. The first-order valence-electron chi connectivity index (χ1n) is 7.11. The van der Waals surface area contributed by atoms with Crippen molar-refractivity contribution in [3.63, 3.8) is 0 Å². The lowest BCUT2D eigenvalue weighted by Gasteiger charge is -2.12. The Balaban J connectivity index is 2.17. The number of nitrogens with zero attached hydrogens (tertiary/aromatic N) is 1. The third kappa shape index (κ3) is 4.94. The van der Waals surface area contributed by atoms with Crippen LogP contribution < -0.4 is 14.9 Å². The van der Waals surface area contributed by atoms with Gasteiger partial charge in [0.15, 0.2) is 11.5 Å². The summed E-state index contributed by atoms with van der Waals surface area (Å²) in [6, 6.07) is 13.2. The van der Waals surface area contributed by atoms with Gasteiger partial charge in [0, 0.05) is 0 Å². The van der Waals surface area contributed by atoms with E-state index >= 15 is 0 Å². The summed E-state index contributed by atoms with van der Waals surface area (Å²) in [4.78, 5) is 0. The molecule has 0 unspecified atom stereocenters. The molecule has 2 aromatic carbocycles. The van der Waals surface area contributed by atoms with E-state index in [9.17, 15) is 0 Å². The molecule has 0 spiro atoms. The first-order valence-corrected chi connectivity index (χ1v) is 7.49. The predicted molar refractivity (Wildman–Crippen MR) is 94.6 cm³/mol. The lowest BCUT2D eigenvalue weighted by molar-refractivity contribution is 0.299. The molecule has 0 aromatic heterocycles. The average molecular weight is 329 g/mol. The Morgan fingerprint density at radius 1 is 1.26 bits per heavy atom. The molecule has 0 saturated carbocycles. The van der Waals surface area contributed by atoms with Crippen molar-refractivity contribution in [1.82, 2.24) is 0 Å². The fraction of sp³-hybridized carbons (Fsp3) is 0.167. The Morgan fingerprint density at radius 2 is 2.04 bits per heavy atom. The van der Waals surface area contributed by atoms with Gasteiger partial charge < -0.3 is 9.47 Å². The Kier molecular flexibility index (Phi) is 6.34. The van der Waals surface area contributed by atoms with Gasteiger partial charge in [-0.05, 0) is 36.8 Å². The van der Waals surface area contributed by atoms with Crippen molar-refractivity contribution in [2.24, 2.45) is 5.10 Å². The molecule has 5 heteroatoms. The van der Waals surface area contributed by atoms with Gasteiger partial charge in [-0.1, -0.05) is 35.7 Å². The van der Waals surface area contributed by atoms with Crippen LogP contribution in [0.3, 0.4) is 0 Å². The van der Waals surface area contributed by atoms with Crippen molar-refractivity contribution in [1.29, 1.82) is 0 Å². The van der Waals surface area contributed by atoms with E-state index in [1.165, 1.54) is 0 Å². The number of rotatable bonds is 7. The lowest BCUT2D eigenvalue weighted by Crippen LogP contribution is -2.01. The Labute approximate surface area is 141 Å². The average Bonchev–Trinajstić information content (AvgIpc) is 2.55. The summed E-state index contributed by atoms with van der Waals surface area (Å²) in [7, 11) is 0. The highest BCUT2D eigenvalue weighted by Gasteiger charge is 2.11. The van der Waals surface area contributed by atoms with Crippen LogP contribution in [0, 0.1) is 12.3 Å². The second-order valence-electron chi connectivity index (χ2n) is 4.49. The molecule has 0 heterocycles. The van der Waals surface area contributed by atoms with E-state index in [0.717, 1.165) is 11.3 Å². The molecule has 0 aliphatic heterocycles. The smallest absolute Gasteiger partial charge is 0.181 e. The summed E-state index contributed by atoms with van der Waals surface area (Å²) >= 11 is 6.25. The summed E-state index contributed by atoms with van der Waals surface area (Å²) in [5.41, 5.74) is 4.62. The lowest BCUT2D eigenvalue weighted by atomic mass is 10.2. The maximum atomic E-state index is 6.25. The maximum Gasteiger partial charge on any atom is 0.181 e. The molecule has 0 bridgehead atoms. The first kappa shape index (κ1) is 16.7. The minimum Gasteiger partial charge on any atom is -0.490 e. The molecular weight excluding hydrogens is 312 g/mol. The van der Waals surface area contributed by atoms with Crippen molar-refractivity contribution < 1.29 is 9.47 Å². The number of ether oxygens (including phenoxy) is 2. The summed E-state index contributed by atoms with van der Waals surface area (Å²) < 4.78 is 11.0. The standard InChI is InChI=1S/C18H17ClN2O2/c1-3-10-23-18-16(19)11-14(12-17(18)22-4-2)13-20-21-15-8-6-5-7-9-15/h1,5-9,11-13,21H,4,10H2,2H3/b20-13-. The highest BCUT2D eigenvalue weighted by Crippen LogP contribution is 2.36. The molecule has 0 radical (unpaired) electrons. The molecule has 0 saturated heterocycles. The monoisotopic (exact) mass is 328 g/mol. The van der Waals surface area contributed by atoms with Gasteiger partial charge in [-0.15, -0.1) is 6.42 Å². The Bertz CT molecular complexity index is 709. The number of terminal acetylenes is 1. The zero-order chi connectivity index (χ0) is 16.5. The number of halogens is 1. The molecule has 1 N–H and O–H groups in total. The van der Waals surface area contributed by atoms with Crippen LogP contribution in [0.1, 0.15) is 12.5 Å². The molecule has 0 atom stereocenters. The summed E-state index contributed by atoms with van der Waals surface area (Å²) in [6.45, 7) is 2.50. The fourth-order valence-corrected chi connectivity index (χ4v) is 2.15. The number of hydrazone groups is 1. The van der Waals surface area contributed by atoms with Crippen LogP contribution in [0.25, 0.3) is 0 Å². The predicted octanol–water partition coefficient (Wildman–Crippen LogP) is 4.20. The molecule has 0 fully saturated rings. The van der Waals surface area contributed by atoms with Crippen molar-refractivity contribution in [3.8, 4) is 23.8 Å². The van der Waals surface area contributed by atoms with Crippen molar-refractivity contribution >= 4 is 23.5 Å². The highest BCUT2D eigenvalue weighted by atomic mass is 35.5. The third-order valence-corrected chi connectivity index (χ3v) is 3.09. The van der Waals surface area contributed by atoms with Gasteiger partial charge in [-0.2, -0.15) is 5.10 Å². The van der Waals surface area contributed by atoms with Crippen LogP contribution in [0.4, 0.5) is 5.69 Å². The van der Waals surface area contributed by atoms with Crippen molar-refractivity contribution in [3.05, 3.63) is 53.1 Å². The molecule has 0 aliphatic carbocycles. The second kappa shape index (κ2) is 8.72. The molecule has 0 amide bonds. The molecule has 4 nitrogen and oxygen atoms in total. The van der Waals surface area contributed by atoms with E-state index in [2.05, 4.69) is 16.4 Å². The highest BCUT2D eigenvalue weighted by molar-refractivity contribution is 6.32. The molecule has 2 aromatic rings. The summed E-state index contributed by atoms with van der Waals surface area (Å²) in [6.07, 6.45) is 6.87. The van der Waals surface area contributed by atoms with Crippen LogP contribution in [0.15, 0.2) is 47.6 Å². The summed E-state index contributed by atoms with van der Waals surface area (Å²) in [5, 5.41) is 4.61. The van der Waals surface area contributed by atoms with Crippen LogP contribution in [-0.4, -0.2) is 19.4 Å². The van der Waals surface area contributed by atoms with E-state index < -0.39 is 0 Å². The number of anilines is 1. The Hall–Kier alpha value is -2.64. The maximum absolute atomic E-state index is 6.25. The normalized spacial score (nSPS) is 10.3. The van der Waals surface area contributed by atoms with E-state index in [1.54, 1.807) is 18.3 Å². The van der Waals surface area contributed by atoms with E-state index in [0.29, 0.717) is 23.1 Å². The molecule has 2 rings (SSSR count). The van der Waals surface area contributed by atoms with Crippen molar-refractivity contribution in [2.45, 2.75) is 6.92 Å². The summed E-state index contributed by atoms with van der Waals surface area (Å²) in [5.74, 6) is 3.39. The van der Waals surface area contributed by atoms with Gasteiger partial charge in [0.2, 0.25) is 0 Å². The SMILES string of the molecule is C#CCOc1c(Cl)cc(/C=N\Nc2ccccc2)cc1OCC.